The third kappa shape index (κ3) is 9.37. The number of unbranched alkanes of at least 4 members (excludes halogenated alkanes) is 5. The standard InChI is InChI=1S/C16H29NO4/c1-3-5-7-8-9-10-11-13(18)14(19)15(20)16(21)17-12-6-4-2/h4,6,14-15,19-20H,3,5,7-12H2,1-2H3,(H,17,21)/b6-4+. The topological polar surface area (TPSA) is 86.6 Å². The van der Waals surface area contributed by atoms with Crippen molar-refractivity contribution in [2.75, 3.05) is 6.54 Å². The molecule has 0 rings (SSSR count). The number of amides is 1. The van der Waals surface area contributed by atoms with Gasteiger partial charge in [-0.2, -0.15) is 0 Å². The Labute approximate surface area is 127 Å². The summed E-state index contributed by atoms with van der Waals surface area (Å²) in [5, 5.41) is 21.7. The van der Waals surface area contributed by atoms with Crippen molar-refractivity contribution in [1.82, 2.24) is 5.32 Å². The molecule has 3 N–H and O–H groups in total. The molecule has 0 aromatic rings. The molecule has 5 heteroatoms. The Morgan fingerprint density at radius 2 is 1.67 bits per heavy atom. The number of hydrogen-bond acceptors (Lipinski definition) is 4. The van der Waals surface area contributed by atoms with E-state index >= 15 is 0 Å². The highest BCUT2D eigenvalue weighted by molar-refractivity contribution is 5.91. The summed E-state index contributed by atoms with van der Waals surface area (Å²) in [5.41, 5.74) is 0. The molecule has 0 aromatic carbocycles. The van der Waals surface area contributed by atoms with Gasteiger partial charge in [0.05, 0.1) is 0 Å². The lowest BCUT2D eigenvalue weighted by Crippen LogP contribution is -2.45. The molecule has 0 saturated heterocycles. The first-order valence-electron chi connectivity index (χ1n) is 7.82. The van der Waals surface area contributed by atoms with Gasteiger partial charge in [0.15, 0.2) is 11.9 Å². The normalized spacial score (nSPS) is 14.1. The zero-order valence-corrected chi connectivity index (χ0v) is 13.2. The van der Waals surface area contributed by atoms with Crippen LogP contribution in [0, 0.1) is 0 Å². The summed E-state index contributed by atoms with van der Waals surface area (Å²) in [6, 6.07) is 0. The molecule has 0 aliphatic heterocycles. The number of Topliss-reactive ketones (excluding diaryl/α,β-unsaturated/α-hetero) is 1. The molecule has 2 atom stereocenters. The smallest absolute Gasteiger partial charge is 0.252 e. The Morgan fingerprint density at radius 1 is 1.05 bits per heavy atom. The van der Waals surface area contributed by atoms with Crippen molar-refractivity contribution in [3.8, 4) is 0 Å². The van der Waals surface area contributed by atoms with Gasteiger partial charge in [-0.1, -0.05) is 51.2 Å². The van der Waals surface area contributed by atoms with Gasteiger partial charge in [-0.05, 0) is 13.3 Å². The van der Waals surface area contributed by atoms with Crippen LogP contribution in [0.1, 0.15) is 58.8 Å². The molecule has 5 nitrogen and oxygen atoms in total. The lowest BCUT2D eigenvalue weighted by molar-refractivity contribution is -0.144. The van der Waals surface area contributed by atoms with Crippen LogP contribution in [0.25, 0.3) is 0 Å². The summed E-state index contributed by atoms with van der Waals surface area (Å²) in [6.45, 7) is 4.22. The van der Waals surface area contributed by atoms with Crippen LogP contribution in [0.4, 0.5) is 0 Å². The van der Waals surface area contributed by atoms with Crippen LogP contribution in [0.2, 0.25) is 0 Å². The van der Waals surface area contributed by atoms with E-state index in [4.69, 9.17) is 0 Å². The van der Waals surface area contributed by atoms with Gasteiger partial charge in [-0.15, -0.1) is 0 Å². The van der Waals surface area contributed by atoms with Gasteiger partial charge in [-0.25, -0.2) is 0 Å². The van der Waals surface area contributed by atoms with Crippen molar-refractivity contribution in [2.45, 2.75) is 71.0 Å². The van der Waals surface area contributed by atoms with Crippen molar-refractivity contribution in [2.24, 2.45) is 0 Å². The van der Waals surface area contributed by atoms with Gasteiger partial charge in [-0.3, -0.25) is 9.59 Å². The van der Waals surface area contributed by atoms with E-state index in [1.807, 2.05) is 6.92 Å². The van der Waals surface area contributed by atoms with Crippen LogP contribution in [0.15, 0.2) is 12.2 Å². The summed E-state index contributed by atoms with van der Waals surface area (Å²) < 4.78 is 0. The number of aliphatic hydroxyl groups is 2. The Hall–Kier alpha value is -1.20. The molecule has 0 saturated carbocycles. The molecule has 0 aliphatic rings. The second-order valence-corrected chi connectivity index (χ2v) is 5.19. The minimum atomic E-state index is -1.69. The van der Waals surface area contributed by atoms with E-state index in [-0.39, 0.29) is 13.0 Å². The summed E-state index contributed by atoms with van der Waals surface area (Å²) >= 11 is 0. The Morgan fingerprint density at radius 3 is 2.29 bits per heavy atom. The maximum absolute atomic E-state index is 11.7. The summed E-state index contributed by atoms with van der Waals surface area (Å²) in [5.74, 6) is -1.20. The first-order valence-corrected chi connectivity index (χ1v) is 7.82. The molecule has 0 heterocycles. The number of ketones is 1. The summed E-state index contributed by atoms with van der Waals surface area (Å²) in [7, 11) is 0. The number of carbonyl (C=O) groups excluding carboxylic acids is 2. The lowest BCUT2D eigenvalue weighted by atomic mass is 10.0. The fourth-order valence-electron chi connectivity index (χ4n) is 1.93. The molecular weight excluding hydrogens is 270 g/mol. The highest BCUT2D eigenvalue weighted by Crippen LogP contribution is 2.09. The SMILES string of the molecule is C/C=C/CNC(=O)C(O)C(O)C(=O)CCCCCCCC. The van der Waals surface area contributed by atoms with E-state index in [1.165, 1.54) is 12.8 Å². The van der Waals surface area contributed by atoms with Crippen molar-refractivity contribution >= 4 is 11.7 Å². The van der Waals surface area contributed by atoms with Crippen LogP contribution in [-0.2, 0) is 9.59 Å². The Bertz CT molecular complexity index is 328. The zero-order chi connectivity index (χ0) is 16.1. The fraction of sp³-hybridized carbons (Fsp3) is 0.750. The molecule has 0 radical (unpaired) electrons. The van der Waals surface area contributed by atoms with Gasteiger partial charge in [0.25, 0.3) is 5.91 Å². The lowest BCUT2D eigenvalue weighted by Gasteiger charge is -2.16. The molecule has 21 heavy (non-hydrogen) atoms. The molecule has 0 fully saturated rings. The zero-order valence-electron chi connectivity index (χ0n) is 13.2. The van der Waals surface area contributed by atoms with Crippen LogP contribution in [0.5, 0.6) is 0 Å². The molecule has 0 aromatic heterocycles. The minimum absolute atomic E-state index is 0.201. The highest BCUT2D eigenvalue weighted by atomic mass is 16.3. The minimum Gasteiger partial charge on any atom is -0.382 e. The monoisotopic (exact) mass is 299 g/mol. The van der Waals surface area contributed by atoms with Crippen LogP contribution >= 0.6 is 0 Å². The average molecular weight is 299 g/mol. The second kappa shape index (κ2) is 12.5. The van der Waals surface area contributed by atoms with E-state index < -0.39 is 23.9 Å². The number of aliphatic hydroxyl groups excluding tert-OH is 2. The van der Waals surface area contributed by atoms with Crippen molar-refractivity contribution < 1.29 is 19.8 Å². The van der Waals surface area contributed by atoms with Crippen molar-refractivity contribution in [3.05, 3.63) is 12.2 Å². The van der Waals surface area contributed by atoms with Crippen LogP contribution in [-0.4, -0.2) is 40.7 Å². The number of rotatable bonds is 12. The molecule has 0 bridgehead atoms. The first-order chi connectivity index (χ1) is 10.0. The maximum atomic E-state index is 11.7. The van der Waals surface area contributed by atoms with E-state index in [1.54, 1.807) is 12.2 Å². The van der Waals surface area contributed by atoms with E-state index in [9.17, 15) is 19.8 Å². The summed E-state index contributed by atoms with van der Waals surface area (Å²) in [6.07, 6.45) is 6.55. The van der Waals surface area contributed by atoms with E-state index in [0.717, 1.165) is 19.3 Å². The molecule has 2 unspecified atom stereocenters. The van der Waals surface area contributed by atoms with Crippen molar-refractivity contribution in [3.63, 3.8) is 0 Å². The number of hydrogen-bond donors (Lipinski definition) is 3. The van der Waals surface area contributed by atoms with Gasteiger partial charge < -0.3 is 15.5 Å². The Balaban J connectivity index is 3.93. The molecule has 122 valence electrons. The molecule has 0 aliphatic carbocycles. The summed E-state index contributed by atoms with van der Waals surface area (Å²) in [4.78, 5) is 23.2. The van der Waals surface area contributed by atoms with Gasteiger partial charge in [0, 0.05) is 13.0 Å². The van der Waals surface area contributed by atoms with Crippen LogP contribution in [0.3, 0.4) is 0 Å². The maximum Gasteiger partial charge on any atom is 0.252 e. The van der Waals surface area contributed by atoms with Crippen LogP contribution < -0.4 is 5.32 Å². The first kappa shape index (κ1) is 19.8. The molecule has 1 amide bonds. The fourth-order valence-corrected chi connectivity index (χ4v) is 1.93. The van der Waals surface area contributed by atoms with E-state index in [0.29, 0.717) is 6.42 Å². The average Bonchev–Trinajstić information content (AvgIpc) is 2.49. The third-order valence-electron chi connectivity index (χ3n) is 3.30. The van der Waals surface area contributed by atoms with E-state index in [2.05, 4.69) is 12.2 Å². The van der Waals surface area contributed by atoms with Gasteiger partial charge in [0.2, 0.25) is 0 Å². The number of carbonyl (C=O) groups is 2. The largest absolute Gasteiger partial charge is 0.382 e. The number of nitrogens with one attached hydrogen (secondary N) is 1. The number of allylic oxidation sites excluding steroid dienone is 1. The molecular formula is C16H29NO4. The van der Waals surface area contributed by atoms with Crippen molar-refractivity contribution in [1.29, 1.82) is 0 Å². The van der Waals surface area contributed by atoms with Gasteiger partial charge in [0.1, 0.15) is 6.10 Å². The third-order valence-corrected chi connectivity index (χ3v) is 3.30. The second-order valence-electron chi connectivity index (χ2n) is 5.19. The quantitative estimate of drug-likeness (QED) is 0.378. The predicted molar refractivity (Wildman–Crippen MR) is 82.8 cm³/mol. The highest BCUT2D eigenvalue weighted by Gasteiger charge is 2.29. The predicted octanol–water partition coefficient (Wildman–Crippen LogP) is 1.72. The molecule has 0 spiro atoms. The van der Waals surface area contributed by atoms with Gasteiger partial charge >= 0.3 is 0 Å². The Kier molecular flexibility index (Phi) is 11.8.